The van der Waals surface area contributed by atoms with Crippen molar-refractivity contribution >= 4 is 27.5 Å². The number of hydrogen-bond donors (Lipinski definition) is 2. The van der Waals surface area contributed by atoms with Crippen molar-refractivity contribution in [3.8, 4) is 11.5 Å². The van der Waals surface area contributed by atoms with Gasteiger partial charge in [-0.15, -0.1) is 0 Å². The van der Waals surface area contributed by atoms with E-state index in [0.717, 1.165) is 4.47 Å². The van der Waals surface area contributed by atoms with Crippen LogP contribution in [-0.2, 0) is 4.79 Å². The van der Waals surface area contributed by atoms with Crippen molar-refractivity contribution in [3.63, 3.8) is 0 Å². The number of carbonyl (C=O) groups excluding carboxylic acids is 1. The summed E-state index contributed by atoms with van der Waals surface area (Å²) >= 11 is 3.36. The molecule has 1 unspecified atom stereocenters. The van der Waals surface area contributed by atoms with Gasteiger partial charge in [-0.1, -0.05) is 22.0 Å². The predicted octanol–water partition coefficient (Wildman–Crippen LogP) is 3.92. The van der Waals surface area contributed by atoms with E-state index in [2.05, 4.69) is 21.2 Å². The number of aliphatic hydroxyl groups excluding tert-OH is 1. The Morgan fingerprint density at radius 2 is 2.00 bits per heavy atom. The Hall–Kier alpha value is -2.05. The maximum Gasteiger partial charge on any atom is 0.224 e. The lowest BCUT2D eigenvalue weighted by Gasteiger charge is -2.15. The van der Waals surface area contributed by atoms with Gasteiger partial charge in [-0.05, 0) is 36.8 Å². The highest BCUT2D eigenvalue weighted by Gasteiger charge is 2.16. The Bertz CT molecular complexity index is 705. The number of methoxy groups -OCH3 is 2. The molecule has 0 aliphatic rings. The maximum atomic E-state index is 12.0. The summed E-state index contributed by atoms with van der Waals surface area (Å²) in [4.78, 5) is 12.0. The summed E-state index contributed by atoms with van der Waals surface area (Å²) in [7, 11) is 3.10. The van der Waals surface area contributed by atoms with Crippen LogP contribution >= 0.6 is 15.9 Å². The van der Waals surface area contributed by atoms with Crippen LogP contribution < -0.4 is 14.8 Å². The number of ether oxygens (including phenoxy) is 2. The van der Waals surface area contributed by atoms with Crippen LogP contribution in [0.25, 0.3) is 0 Å². The molecule has 0 saturated carbocycles. The molecule has 0 aromatic heterocycles. The number of aliphatic hydroxyl groups is 1. The lowest BCUT2D eigenvalue weighted by atomic mass is 10.0. The van der Waals surface area contributed by atoms with Crippen LogP contribution in [-0.4, -0.2) is 25.2 Å². The number of carbonyl (C=O) groups is 1. The van der Waals surface area contributed by atoms with Crippen LogP contribution in [0.15, 0.2) is 46.9 Å². The molecule has 1 atom stereocenters. The molecule has 0 bridgehead atoms. The van der Waals surface area contributed by atoms with E-state index in [1.165, 1.54) is 7.11 Å². The number of nitrogens with one attached hydrogen (secondary N) is 1. The number of rotatable bonds is 7. The topological polar surface area (TPSA) is 67.8 Å². The van der Waals surface area contributed by atoms with E-state index < -0.39 is 6.10 Å². The largest absolute Gasteiger partial charge is 0.497 e. The lowest BCUT2D eigenvalue weighted by molar-refractivity contribution is -0.116. The fourth-order valence-electron chi connectivity index (χ4n) is 2.31. The van der Waals surface area contributed by atoms with Crippen LogP contribution in [0.4, 0.5) is 5.69 Å². The molecule has 128 valence electrons. The summed E-state index contributed by atoms with van der Waals surface area (Å²) in [5.74, 6) is 1.03. The highest BCUT2D eigenvalue weighted by molar-refractivity contribution is 9.10. The second-order valence-electron chi connectivity index (χ2n) is 5.22. The third-order valence-corrected chi connectivity index (χ3v) is 4.05. The highest BCUT2D eigenvalue weighted by atomic mass is 79.9. The van der Waals surface area contributed by atoms with Crippen LogP contribution in [0.5, 0.6) is 11.5 Å². The molecular formula is C18H20BrNO4. The Morgan fingerprint density at radius 3 is 2.67 bits per heavy atom. The van der Waals surface area contributed by atoms with E-state index in [1.54, 1.807) is 25.3 Å². The minimum atomic E-state index is -0.792. The molecule has 0 fully saturated rings. The van der Waals surface area contributed by atoms with Gasteiger partial charge in [0.25, 0.3) is 0 Å². The molecule has 5 nitrogen and oxygen atoms in total. The lowest BCUT2D eigenvalue weighted by Crippen LogP contribution is -2.13. The van der Waals surface area contributed by atoms with E-state index in [4.69, 9.17) is 9.47 Å². The number of benzene rings is 2. The minimum absolute atomic E-state index is 0.153. The van der Waals surface area contributed by atoms with Gasteiger partial charge in [0.1, 0.15) is 11.5 Å². The van der Waals surface area contributed by atoms with Crippen molar-refractivity contribution < 1.29 is 19.4 Å². The summed E-state index contributed by atoms with van der Waals surface area (Å²) in [5, 5.41) is 13.2. The second kappa shape index (κ2) is 8.70. The summed E-state index contributed by atoms with van der Waals surface area (Å²) in [5.41, 5.74) is 1.35. The van der Waals surface area contributed by atoms with Crippen molar-refractivity contribution in [2.24, 2.45) is 0 Å². The van der Waals surface area contributed by atoms with Crippen molar-refractivity contribution in [1.29, 1.82) is 0 Å². The van der Waals surface area contributed by atoms with Gasteiger partial charge < -0.3 is 19.9 Å². The zero-order valence-electron chi connectivity index (χ0n) is 13.6. The molecule has 0 radical (unpaired) electrons. The molecule has 0 aliphatic carbocycles. The Morgan fingerprint density at radius 1 is 1.21 bits per heavy atom. The third-order valence-electron chi connectivity index (χ3n) is 3.55. The monoisotopic (exact) mass is 393 g/mol. The molecule has 2 aromatic rings. The Kier molecular flexibility index (Phi) is 6.63. The zero-order chi connectivity index (χ0) is 17.5. The zero-order valence-corrected chi connectivity index (χ0v) is 15.2. The molecular weight excluding hydrogens is 374 g/mol. The van der Waals surface area contributed by atoms with Crippen LogP contribution in [0.2, 0.25) is 0 Å². The third kappa shape index (κ3) is 4.97. The quantitative estimate of drug-likeness (QED) is 0.747. The van der Waals surface area contributed by atoms with E-state index in [-0.39, 0.29) is 12.3 Å². The Labute approximate surface area is 149 Å². The van der Waals surface area contributed by atoms with Gasteiger partial charge in [-0.2, -0.15) is 0 Å². The fourth-order valence-corrected chi connectivity index (χ4v) is 2.71. The molecule has 1 amide bonds. The van der Waals surface area contributed by atoms with Gasteiger partial charge in [0.2, 0.25) is 5.91 Å². The molecule has 6 heteroatoms. The molecule has 0 heterocycles. The molecule has 2 rings (SSSR count). The van der Waals surface area contributed by atoms with E-state index in [9.17, 15) is 9.90 Å². The highest BCUT2D eigenvalue weighted by Crippen LogP contribution is 2.31. The minimum Gasteiger partial charge on any atom is -0.497 e. The summed E-state index contributed by atoms with van der Waals surface area (Å²) in [6.45, 7) is 0. The van der Waals surface area contributed by atoms with Crippen molar-refractivity contribution in [2.75, 3.05) is 19.5 Å². The summed E-state index contributed by atoms with van der Waals surface area (Å²) < 4.78 is 11.3. The SMILES string of the molecule is COc1ccc(C(O)CCC(=O)Nc2cccc(Br)c2)c(OC)c1. The molecule has 0 spiro atoms. The predicted molar refractivity (Wildman–Crippen MR) is 96.5 cm³/mol. The summed E-state index contributed by atoms with van der Waals surface area (Å²) in [6.07, 6.45) is -0.301. The average molecular weight is 394 g/mol. The molecule has 2 aromatic carbocycles. The van der Waals surface area contributed by atoms with Crippen molar-refractivity contribution in [2.45, 2.75) is 18.9 Å². The van der Waals surface area contributed by atoms with E-state index in [0.29, 0.717) is 29.2 Å². The first-order valence-corrected chi connectivity index (χ1v) is 8.28. The second-order valence-corrected chi connectivity index (χ2v) is 6.14. The first kappa shape index (κ1) is 18.3. The Balaban J connectivity index is 1.95. The molecule has 24 heavy (non-hydrogen) atoms. The number of anilines is 1. The molecule has 0 aliphatic heterocycles. The van der Waals surface area contributed by atoms with E-state index >= 15 is 0 Å². The van der Waals surface area contributed by atoms with Gasteiger partial charge in [-0.3, -0.25) is 4.79 Å². The summed E-state index contributed by atoms with van der Waals surface area (Å²) in [6, 6.07) is 12.6. The van der Waals surface area contributed by atoms with Gasteiger partial charge in [-0.25, -0.2) is 0 Å². The number of hydrogen-bond acceptors (Lipinski definition) is 4. The van der Waals surface area contributed by atoms with Gasteiger partial charge >= 0.3 is 0 Å². The first-order chi connectivity index (χ1) is 11.5. The first-order valence-electron chi connectivity index (χ1n) is 7.49. The smallest absolute Gasteiger partial charge is 0.224 e. The van der Waals surface area contributed by atoms with Crippen LogP contribution in [0.1, 0.15) is 24.5 Å². The van der Waals surface area contributed by atoms with E-state index in [1.807, 2.05) is 24.3 Å². The van der Waals surface area contributed by atoms with Gasteiger partial charge in [0, 0.05) is 28.2 Å². The van der Waals surface area contributed by atoms with Crippen molar-refractivity contribution in [1.82, 2.24) is 0 Å². The fraction of sp³-hybridized carbons (Fsp3) is 0.278. The normalized spacial score (nSPS) is 11.7. The molecule has 2 N–H and O–H groups in total. The number of halogens is 1. The molecule has 0 saturated heterocycles. The maximum absolute atomic E-state index is 12.0. The average Bonchev–Trinajstić information content (AvgIpc) is 2.59. The standard InChI is InChI=1S/C18H20BrNO4/c1-23-14-6-7-15(17(11-14)24-2)16(21)8-9-18(22)20-13-5-3-4-12(19)10-13/h3-7,10-11,16,21H,8-9H2,1-2H3,(H,20,22). The number of amides is 1. The van der Waals surface area contributed by atoms with Crippen molar-refractivity contribution in [3.05, 3.63) is 52.5 Å². The van der Waals surface area contributed by atoms with Gasteiger partial charge in [0.15, 0.2) is 0 Å². The van der Waals surface area contributed by atoms with Crippen LogP contribution in [0, 0.1) is 0 Å². The van der Waals surface area contributed by atoms with Gasteiger partial charge in [0.05, 0.1) is 20.3 Å². The van der Waals surface area contributed by atoms with Crippen LogP contribution in [0.3, 0.4) is 0 Å².